The van der Waals surface area contributed by atoms with Gasteiger partial charge in [0.15, 0.2) is 0 Å². The second kappa shape index (κ2) is 6.86. The van der Waals surface area contributed by atoms with Crippen molar-refractivity contribution in [2.45, 2.75) is 45.7 Å². The van der Waals surface area contributed by atoms with Crippen molar-refractivity contribution in [2.24, 2.45) is 0 Å². The smallest absolute Gasteiger partial charge is 0.239 e. The largest absolute Gasteiger partial charge is 0.381 e. The highest BCUT2D eigenvalue weighted by Crippen LogP contribution is 2.08. The molecule has 1 amide bonds. The number of amides is 1. The fourth-order valence-corrected chi connectivity index (χ4v) is 2.10. The summed E-state index contributed by atoms with van der Waals surface area (Å²) in [6, 6.07) is 0.353. The molecule has 0 spiro atoms. The number of hydrogen-bond donors (Lipinski definition) is 1. The minimum Gasteiger partial charge on any atom is -0.381 e. The van der Waals surface area contributed by atoms with Gasteiger partial charge in [-0.3, -0.25) is 4.79 Å². The van der Waals surface area contributed by atoms with Crippen molar-refractivity contribution in [1.29, 1.82) is 0 Å². The lowest BCUT2D eigenvalue weighted by Crippen LogP contribution is -2.49. The van der Waals surface area contributed by atoms with E-state index in [0.29, 0.717) is 6.04 Å². The van der Waals surface area contributed by atoms with Gasteiger partial charge in [0, 0.05) is 32.3 Å². The quantitative estimate of drug-likeness (QED) is 0.763. The molecular formula is C12H24N2O2. The van der Waals surface area contributed by atoms with Gasteiger partial charge in [-0.2, -0.15) is 0 Å². The summed E-state index contributed by atoms with van der Waals surface area (Å²) in [4.78, 5) is 13.9. The first kappa shape index (κ1) is 13.5. The maximum atomic E-state index is 12.0. The van der Waals surface area contributed by atoms with E-state index in [1.165, 1.54) is 0 Å². The third-order valence-corrected chi connectivity index (χ3v) is 3.15. The van der Waals surface area contributed by atoms with Crippen LogP contribution in [0.1, 0.15) is 33.6 Å². The van der Waals surface area contributed by atoms with Crippen molar-refractivity contribution >= 4 is 5.91 Å². The van der Waals surface area contributed by atoms with Gasteiger partial charge < -0.3 is 15.0 Å². The minimum atomic E-state index is -0.0806. The number of carbonyl (C=O) groups excluding carboxylic acids is 1. The molecule has 1 N–H and O–H groups in total. The molecule has 1 aliphatic rings. The molecule has 0 radical (unpaired) electrons. The van der Waals surface area contributed by atoms with Gasteiger partial charge >= 0.3 is 0 Å². The number of carbonyl (C=O) groups is 1. The van der Waals surface area contributed by atoms with Gasteiger partial charge in [0.25, 0.3) is 0 Å². The van der Waals surface area contributed by atoms with Crippen LogP contribution in [0.25, 0.3) is 0 Å². The van der Waals surface area contributed by atoms with Crippen LogP contribution in [0.5, 0.6) is 0 Å². The van der Waals surface area contributed by atoms with Crippen molar-refractivity contribution in [1.82, 2.24) is 10.2 Å². The highest BCUT2D eigenvalue weighted by atomic mass is 16.5. The van der Waals surface area contributed by atoms with Crippen LogP contribution in [0.3, 0.4) is 0 Å². The lowest BCUT2D eigenvalue weighted by atomic mass is 10.1. The standard InChI is InChI=1S/C12H24N2O2/c1-4-14(5-2)12(15)10(3)13-11-6-8-16-9-7-11/h10-11,13H,4-9H2,1-3H3. The van der Waals surface area contributed by atoms with E-state index in [9.17, 15) is 4.79 Å². The van der Waals surface area contributed by atoms with Crippen LogP contribution < -0.4 is 5.32 Å². The normalized spacial score (nSPS) is 19.4. The van der Waals surface area contributed by atoms with E-state index in [-0.39, 0.29) is 11.9 Å². The van der Waals surface area contributed by atoms with E-state index in [0.717, 1.165) is 39.1 Å². The molecule has 0 aromatic rings. The Labute approximate surface area is 98.3 Å². The van der Waals surface area contributed by atoms with Gasteiger partial charge in [0.2, 0.25) is 5.91 Å². The summed E-state index contributed by atoms with van der Waals surface area (Å²) in [5.41, 5.74) is 0. The molecule has 1 rings (SSSR count). The molecule has 0 bridgehead atoms. The van der Waals surface area contributed by atoms with Crippen LogP contribution in [0, 0.1) is 0 Å². The van der Waals surface area contributed by atoms with Gasteiger partial charge in [-0.1, -0.05) is 0 Å². The fourth-order valence-electron chi connectivity index (χ4n) is 2.10. The minimum absolute atomic E-state index is 0.0806. The number of hydrogen-bond acceptors (Lipinski definition) is 3. The first-order valence-electron chi connectivity index (χ1n) is 6.31. The van der Waals surface area contributed by atoms with E-state index in [2.05, 4.69) is 5.32 Å². The van der Waals surface area contributed by atoms with Crippen molar-refractivity contribution in [2.75, 3.05) is 26.3 Å². The third-order valence-electron chi connectivity index (χ3n) is 3.15. The van der Waals surface area contributed by atoms with E-state index in [1.54, 1.807) is 0 Å². The Morgan fingerprint density at radius 2 is 1.94 bits per heavy atom. The Balaban J connectivity index is 2.37. The monoisotopic (exact) mass is 228 g/mol. The lowest BCUT2D eigenvalue weighted by molar-refractivity contribution is -0.133. The summed E-state index contributed by atoms with van der Waals surface area (Å²) in [7, 11) is 0. The number of likely N-dealkylation sites (N-methyl/N-ethyl adjacent to an activating group) is 1. The zero-order valence-electron chi connectivity index (χ0n) is 10.7. The third kappa shape index (κ3) is 3.76. The molecule has 0 saturated carbocycles. The van der Waals surface area contributed by atoms with Gasteiger partial charge in [-0.25, -0.2) is 0 Å². The van der Waals surface area contributed by atoms with E-state index >= 15 is 0 Å². The summed E-state index contributed by atoms with van der Waals surface area (Å²) in [6.45, 7) is 9.18. The topological polar surface area (TPSA) is 41.6 Å². The van der Waals surface area contributed by atoms with Crippen molar-refractivity contribution in [3.05, 3.63) is 0 Å². The predicted molar refractivity (Wildman–Crippen MR) is 64.4 cm³/mol. The van der Waals surface area contributed by atoms with E-state index in [1.807, 2.05) is 25.7 Å². The summed E-state index contributed by atoms with van der Waals surface area (Å²) in [6.07, 6.45) is 2.02. The zero-order valence-corrected chi connectivity index (χ0v) is 10.7. The van der Waals surface area contributed by atoms with E-state index in [4.69, 9.17) is 4.74 Å². The molecule has 1 saturated heterocycles. The molecule has 0 aromatic heterocycles. The number of nitrogens with one attached hydrogen (secondary N) is 1. The van der Waals surface area contributed by atoms with Crippen molar-refractivity contribution in [3.63, 3.8) is 0 Å². The van der Waals surface area contributed by atoms with Crippen LogP contribution >= 0.6 is 0 Å². The first-order chi connectivity index (χ1) is 7.69. The van der Waals surface area contributed by atoms with Crippen LogP contribution in [0.15, 0.2) is 0 Å². The summed E-state index contributed by atoms with van der Waals surface area (Å²) in [5.74, 6) is 0.205. The molecule has 4 nitrogen and oxygen atoms in total. The number of nitrogens with zero attached hydrogens (tertiary/aromatic N) is 1. The Hall–Kier alpha value is -0.610. The zero-order chi connectivity index (χ0) is 12.0. The average molecular weight is 228 g/mol. The second-order valence-corrected chi connectivity index (χ2v) is 4.29. The summed E-state index contributed by atoms with van der Waals surface area (Å²) < 4.78 is 5.30. The Kier molecular flexibility index (Phi) is 5.77. The highest BCUT2D eigenvalue weighted by molar-refractivity contribution is 5.81. The fraction of sp³-hybridized carbons (Fsp3) is 0.917. The van der Waals surface area contributed by atoms with Crippen molar-refractivity contribution in [3.8, 4) is 0 Å². The molecule has 1 heterocycles. The molecule has 1 aliphatic heterocycles. The van der Waals surface area contributed by atoms with E-state index < -0.39 is 0 Å². The molecule has 0 aliphatic carbocycles. The molecule has 1 unspecified atom stereocenters. The van der Waals surface area contributed by atoms with Crippen LogP contribution in [-0.2, 0) is 9.53 Å². The SMILES string of the molecule is CCN(CC)C(=O)C(C)NC1CCOCC1. The highest BCUT2D eigenvalue weighted by Gasteiger charge is 2.22. The van der Waals surface area contributed by atoms with Gasteiger partial charge in [-0.15, -0.1) is 0 Å². The molecular weight excluding hydrogens is 204 g/mol. The molecule has 0 aromatic carbocycles. The molecule has 1 atom stereocenters. The summed E-state index contributed by atoms with van der Waals surface area (Å²) in [5, 5.41) is 3.40. The lowest BCUT2D eigenvalue weighted by Gasteiger charge is -2.29. The maximum Gasteiger partial charge on any atom is 0.239 e. The molecule has 1 fully saturated rings. The van der Waals surface area contributed by atoms with Crippen molar-refractivity contribution < 1.29 is 9.53 Å². The molecule has 94 valence electrons. The first-order valence-corrected chi connectivity index (χ1v) is 6.31. The predicted octanol–water partition coefficient (Wildman–Crippen LogP) is 1.01. The Bertz CT molecular complexity index is 211. The maximum absolute atomic E-state index is 12.0. The van der Waals surface area contributed by atoms with Gasteiger partial charge in [-0.05, 0) is 33.6 Å². The van der Waals surface area contributed by atoms with Gasteiger partial charge in [0.05, 0.1) is 6.04 Å². The Morgan fingerprint density at radius 3 is 2.44 bits per heavy atom. The molecule has 4 heteroatoms. The second-order valence-electron chi connectivity index (χ2n) is 4.29. The van der Waals surface area contributed by atoms with Crippen LogP contribution in [0.2, 0.25) is 0 Å². The number of rotatable bonds is 5. The molecule has 16 heavy (non-hydrogen) atoms. The van der Waals surface area contributed by atoms with Crippen LogP contribution in [-0.4, -0.2) is 49.2 Å². The Morgan fingerprint density at radius 1 is 1.38 bits per heavy atom. The number of ether oxygens (including phenoxy) is 1. The average Bonchev–Trinajstić information content (AvgIpc) is 2.31. The summed E-state index contributed by atoms with van der Waals surface area (Å²) >= 11 is 0. The van der Waals surface area contributed by atoms with Crippen LogP contribution in [0.4, 0.5) is 0 Å². The van der Waals surface area contributed by atoms with Gasteiger partial charge in [0.1, 0.15) is 0 Å².